The Morgan fingerprint density at radius 2 is 2.36 bits per heavy atom. The monoisotopic (exact) mass is 149 g/mol. The Balaban J connectivity index is 2.94. The van der Waals surface area contributed by atoms with E-state index in [1.165, 1.54) is 12.3 Å². The van der Waals surface area contributed by atoms with Gasteiger partial charge in [0.1, 0.15) is 6.20 Å². The molecular weight excluding hydrogens is 146 g/mol. The van der Waals surface area contributed by atoms with Crippen molar-refractivity contribution in [2.45, 2.75) is 0 Å². The Hall–Kier alpha value is -1.78. The summed E-state index contributed by atoms with van der Waals surface area (Å²) in [6, 6.07) is 1.54. The van der Waals surface area contributed by atoms with E-state index in [1.807, 2.05) is 0 Å². The first kappa shape index (κ1) is 5.96. The smallest absolute Gasteiger partial charge is 0.355 e. The zero-order valence-corrected chi connectivity index (χ0v) is 5.39. The highest BCUT2D eigenvalue weighted by molar-refractivity contribution is 5.64. The fourth-order valence-corrected chi connectivity index (χ4v) is 0.731. The van der Waals surface area contributed by atoms with Crippen molar-refractivity contribution in [1.82, 2.24) is 15.2 Å². The summed E-state index contributed by atoms with van der Waals surface area (Å²) in [5, 5.41) is 7.20. The number of nitrogens with zero attached hydrogens (tertiary/aromatic N) is 3. The Morgan fingerprint density at radius 1 is 1.45 bits per heavy atom. The molecule has 2 aromatic rings. The van der Waals surface area contributed by atoms with E-state index in [2.05, 4.69) is 15.2 Å². The summed E-state index contributed by atoms with van der Waals surface area (Å²) in [7, 11) is 0. The maximum absolute atomic E-state index is 10.6. The summed E-state index contributed by atoms with van der Waals surface area (Å²) < 4.78 is 4.74. The van der Waals surface area contributed by atoms with E-state index in [9.17, 15) is 4.79 Å². The zero-order chi connectivity index (χ0) is 7.68. The summed E-state index contributed by atoms with van der Waals surface area (Å²) in [6.45, 7) is 0. The second-order valence-electron chi connectivity index (χ2n) is 1.90. The second-order valence-corrected chi connectivity index (χ2v) is 1.90. The topological polar surface area (TPSA) is 68.9 Å². The van der Waals surface area contributed by atoms with Crippen molar-refractivity contribution in [2.75, 3.05) is 0 Å². The molecule has 0 fully saturated rings. The third-order valence-electron chi connectivity index (χ3n) is 1.17. The minimum atomic E-state index is -0.481. The molecule has 0 aromatic carbocycles. The maximum atomic E-state index is 10.6. The van der Waals surface area contributed by atoms with Crippen LogP contribution in [0.2, 0.25) is 0 Å². The lowest BCUT2D eigenvalue weighted by atomic mass is 10.5. The molecule has 2 aromatic heterocycles. The van der Waals surface area contributed by atoms with Gasteiger partial charge in [-0.15, -0.1) is 5.10 Å². The summed E-state index contributed by atoms with van der Waals surface area (Å²) in [6.07, 6.45) is 2.50. The van der Waals surface area contributed by atoms with Crippen molar-refractivity contribution < 1.29 is 4.42 Å². The lowest BCUT2D eigenvalue weighted by molar-refractivity contribution is 0.552. The molecule has 0 aliphatic rings. The largest absolute Gasteiger partial charge is 0.418 e. The average Bonchev–Trinajstić information content (AvgIpc) is 2.04. The molecule has 0 spiro atoms. The predicted octanol–water partition coefficient (Wildman–Crippen LogP) is -0.0220. The molecule has 0 N–H and O–H groups in total. The van der Waals surface area contributed by atoms with Gasteiger partial charge in [-0.2, -0.15) is 5.10 Å². The van der Waals surface area contributed by atoms with Crippen LogP contribution in [-0.4, -0.2) is 15.2 Å². The van der Waals surface area contributed by atoms with Gasteiger partial charge in [-0.1, -0.05) is 0 Å². The minimum absolute atomic E-state index is 0.340. The first-order valence-electron chi connectivity index (χ1n) is 2.94. The molecule has 0 aliphatic carbocycles. The molecule has 5 heteroatoms. The van der Waals surface area contributed by atoms with E-state index in [1.54, 1.807) is 0 Å². The molecule has 0 amide bonds. The molecule has 0 radical (unpaired) electrons. The molecule has 0 bridgehead atoms. The number of rotatable bonds is 0. The van der Waals surface area contributed by atoms with E-state index >= 15 is 0 Å². The summed E-state index contributed by atoms with van der Waals surface area (Å²) in [4.78, 5) is 14.3. The highest BCUT2D eigenvalue weighted by atomic mass is 16.4. The first-order valence-corrected chi connectivity index (χ1v) is 2.94. The molecule has 5 nitrogen and oxygen atoms in total. The van der Waals surface area contributed by atoms with Gasteiger partial charge in [0.2, 0.25) is 5.65 Å². The van der Waals surface area contributed by atoms with Crippen LogP contribution in [0.25, 0.3) is 11.2 Å². The Morgan fingerprint density at radius 3 is 3.27 bits per heavy atom. The normalized spacial score (nSPS) is 10.2. The van der Waals surface area contributed by atoms with Crippen LogP contribution >= 0.6 is 0 Å². The number of fused-ring (bicyclic) bond motifs is 1. The quantitative estimate of drug-likeness (QED) is 0.526. The van der Waals surface area contributed by atoms with Gasteiger partial charge < -0.3 is 4.42 Å². The average molecular weight is 149 g/mol. The molecule has 0 saturated carbocycles. The van der Waals surface area contributed by atoms with Gasteiger partial charge in [-0.25, -0.2) is 9.78 Å². The van der Waals surface area contributed by atoms with Crippen molar-refractivity contribution in [3.8, 4) is 0 Å². The van der Waals surface area contributed by atoms with Crippen molar-refractivity contribution in [3.05, 3.63) is 28.9 Å². The SMILES string of the molecule is O=c1cnc2nnccc2o1. The van der Waals surface area contributed by atoms with E-state index in [4.69, 9.17) is 4.42 Å². The van der Waals surface area contributed by atoms with Gasteiger partial charge in [-0.05, 0) is 0 Å². The predicted molar refractivity (Wildman–Crippen MR) is 35.9 cm³/mol. The van der Waals surface area contributed by atoms with Crippen molar-refractivity contribution in [2.24, 2.45) is 0 Å². The summed E-state index contributed by atoms with van der Waals surface area (Å²) in [5.41, 5.74) is 0.213. The van der Waals surface area contributed by atoms with Crippen molar-refractivity contribution >= 4 is 11.2 Å². The fraction of sp³-hybridized carbons (Fsp3) is 0. The van der Waals surface area contributed by atoms with Crippen LogP contribution in [0, 0.1) is 0 Å². The van der Waals surface area contributed by atoms with Gasteiger partial charge in [0.15, 0.2) is 5.58 Å². The zero-order valence-electron chi connectivity index (χ0n) is 5.39. The van der Waals surface area contributed by atoms with Crippen LogP contribution in [0.3, 0.4) is 0 Å². The fourth-order valence-electron chi connectivity index (χ4n) is 0.731. The highest BCUT2D eigenvalue weighted by Crippen LogP contribution is 2.00. The number of hydrogen-bond acceptors (Lipinski definition) is 5. The lowest BCUT2D eigenvalue weighted by Crippen LogP contribution is -1.98. The third kappa shape index (κ3) is 0.958. The molecule has 2 heterocycles. The van der Waals surface area contributed by atoms with Crippen molar-refractivity contribution in [1.29, 1.82) is 0 Å². The highest BCUT2D eigenvalue weighted by Gasteiger charge is 1.96. The molecule has 0 saturated heterocycles. The minimum Gasteiger partial charge on any atom is -0.418 e. The molecule has 0 aliphatic heterocycles. The van der Waals surface area contributed by atoms with Gasteiger partial charge >= 0.3 is 5.63 Å². The van der Waals surface area contributed by atoms with E-state index in [0.717, 1.165) is 6.20 Å². The number of hydrogen-bond donors (Lipinski definition) is 0. The van der Waals surface area contributed by atoms with E-state index in [0.29, 0.717) is 11.2 Å². The van der Waals surface area contributed by atoms with E-state index < -0.39 is 5.63 Å². The molecule has 11 heavy (non-hydrogen) atoms. The van der Waals surface area contributed by atoms with Crippen LogP contribution < -0.4 is 5.63 Å². The van der Waals surface area contributed by atoms with E-state index in [-0.39, 0.29) is 0 Å². The van der Waals surface area contributed by atoms with Gasteiger partial charge in [0, 0.05) is 6.07 Å². The summed E-state index contributed by atoms with van der Waals surface area (Å²) >= 11 is 0. The standard InChI is InChI=1S/C6H3N3O2/c10-5-3-7-6-4(11-5)1-2-8-9-6/h1-3H. The lowest BCUT2D eigenvalue weighted by Gasteiger charge is -1.88. The number of aromatic nitrogens is 3. The van der Waals surface area contributed by atoms with Crippen molar-refractivity contribution in [3.63, 3.8) is 0 Å². The van der Waals surface area contributed by atoms with Crippen LogP contribution in [0.1, 0.15) is 0 Å². The third-order valence-corrected chi connectivity index (χ3v) is 1.17. The Kier molecular flexibility index (Phi) is 1.15. The van der Waals surface area contributed by atoms with Crippen LogP contribution in [0.5, 0.6) is 0 Å². The van der Waals surface area contributed by atoms with Gasteiger partial charge in [0.05, 0.1) is 6.20 Å². The van der Waals surface area contributed by atoms with Crippen LogP contribution in [-0.2, 0) is 0 Å². The first-order chi connectivity index (χ1) is 5.36. The second kappa shape index (κ2) is 2.12. The maximum Gasteiger partial charge on any atom is 0.355 e. The Labute approximate surface area is 60.7 Å². The van der Waals surface area contributed by atoms with Crippen LogP contribution in [0.4, 0.5) is 0 Å². The molecular formula is C6H3N3O2. The molecule has 2 rings (SSSR count). The molecule has 0 unspecified atom stereocenters. The summed E-state index contributed by atoms with van der Waals surface area (Å²) in [5.74, 6) is 0. The van der Waals surface area contributed by atoms with Gasteiger partial charge in [-0.3, -0.25) is 0 Å². The Bertz CT molecular complexity index is 437. The van der Waals surface area contributed by atoms with Gasteiger partial charge in [0.25, 0.3) is 0 Å². The molecule has 0 atom stereocenters. The van der Waals surface area contributed by atoms with Crippen LogP contribution in [0.15, 0.2) is 27.7 Å². The molecule has 54 valence electrons.